The fraction of sp³-hybridized carbons (Fsp3) is 0.400. The van der Waals surface area contributed by atoms with Crippen molar-refractivity contribution >= 4 is 15.9 Å². The van der Waals surface area contributed by atoms with Gasteiger partial charge in [-0.15, -0.1) is 0 Å². The summed E-state index contributed by atoms with van der Waals surface area (Å²) in [5.41, 5.74) is 1.22. The lowest BCUT2D eigenvalue weighted by molar-refractivity contribution is 0.349. The van der Waals surface area contributed by atoms with Crippen molar-refractivity contribution in [1.29, 1.82) is 0 Å². The van der Waals surface area contributed by atoms with Crippen LogP contribution in [0.4, 0.5) is 0 Å². The largest absolute Gasteiger partial charge is 0.508 e. The molecule has 0 saturated heterocycles. The molecule has 0 heterocycles. The Morgan fingerprint density at radius 3 is 2.46 bits per heavy atom. The molecular weight excluding hydrogens is 230 g/mol. The van der Waals surface area contributed by atoms with E-state index in [1.165, 1.54) is 5.56 Å². The second-order valence-corrected chi connectivity index (χ2v) is 3.89. The Bertz CT molecular complexity index is 248. The summed E-state index contributed by atoms with van der Waals surface area (Å²) < 4.78 is 0. The second-order valence-electron chi connectivity index (χ2n) is 3.09. The maximum Gasteiger partial charge on any atom is 0.115 e. The van der Waals surface area contributed by atoms with Gasteiger partial charge in [0.05, 0.1) is 0 Å². The number of aromatic hydroxyl groups is 1. The standard InChI is InChI=1S/C10H14BrNO/c1-12(7-6-11)8-9-2-4-10(13)5-3-9/h2-5,13H,6-8H2,1H3. The molecule has 0 aliphatic rings. The van der Waals surface area contributed by atoms with Gasteiger partial charge in [0.2, 0.25) is 0 Å². The first-order valence-corrected chi connectivity index (χ1v) is 5.37. The van der Waals surface area contributed by atoms with E-state index < -0.39 is 0 Å². The molecule has 0 aliphatic carbocycles. The van der Waals surface area contributed by atoms with Gasteiger partial charge in [0.25, 0.3) is 0 Å². The van der Waals surface area contributed by atoms with Gasteiger partial charge < -0.3 is 10.0 Å². The fourth-order valence-electron chi connectivity index (χ4n) is 1.14. The van der Waals surface area contributed by atoms with E-state index in [0.717, 1.165) is 18.4 Å². The summed E-state index contributed by atoms with van der Waals surface area (Å²) in [6, 6.07) is 7.33. The van der Waals surface area contributed by atoms with Gasteiger partial charge >= 0.3 is 0 Å². The third kappa shape index (κ3) is 3.79. The van der Waals surface area contributed by atoms with E-state index in [1.807, 2.05) is 12.1 Å². The van der Waals surface area contributed by atoms with Crippen LogP contribution in [0.5, 0.6) is 5.75 Å². The van der Waals surface area contributed by atoms with Gasteiger partial charge in [-0.3, -0.25) is 0 Å². The zero-order chi connectivity index (χ0) is 9.68. The Balaban J connectivity index is 2.49. The summed E-state index contributed by atoms with van der Waals surface area (Å²) in [5, 5.41) is 10.1. The van der Waals surface area contributed by atoms with E-state index in [-0.39, 0.29) is 0 Å². The normalized spacial score (nSPS) is 10.7. The van der Waals surface area contributed by atoms with Crippen LogP contribution in [0.1, 0.15) is 5.56 Å². The van der Waals surface area contributed by atoms with Crippen molar-refractivity contribution in [2.24, 2.45) is 0 Å². The zero-order valence-corrected chi connectivity index (χ0v) is 9.29. The molecule has 1 N–H and O–H groups in total. The maximum absolute atomic E-state index is 9.07. The lowest BCUT2D eigenvalue weighted by Gasteiger charge is -2.14. The summed E-state index contributed by atoms with van der Waals surface area (Å²) in [6.45, 7) is 1.95. The number of halogens is 1. The Kier molecular flexibility index (Phi) is 4.25. The Morgan fingerprint density at radius 2 is 1.92 bits per heavy atom. The molecule has 0 aromatic heterocycles. The van der Waals surface area contributed by atoms with Crippen molar-refractivity contribution in [3.05, 3.63) is 29.8 Å². The lowest BCUT2D eigenvalue weighted by atomic mass is 10.2. The highest BCUT2D eigenvalue weighted by Crippen LogP contribution is 2.10. The Labute approximate surface area is 87.3 Å². The average Bonchev–Trinajstić information content (AvgIpc) is 2.09. The van der Waals surface area contributed by atoms with Crippen LogP contribution in [0.15, 0.2) is 24.3 Å². The average molecular weight is 244 g/mol. The summed E-state index contributed by atoms with van der Waals surface area (Å²) >= 11 is 3.39. The van der Waals surface area contributed by atoms with E-state index in [2.05, 4.69) is 27.9 Å². The topological polar surface area (TPSA) is 23.5 Å². The molecule has 1 aromatic carbocycles. The van der Waals surface area contributed by atoms with Gasteiger partial charge in [0, 0.05) is 18.4 Å². The van der Waals surface area contributed by atoms with Crippen molar-refractivity contribution in [2.75, 3.05) is 18.9 Å². The van der Waals surface area contributed by atoms with Crippen molar-refractivity contribution in [3.8, 4) is 5.75 Å². The number of rotatable bonds is 4. The summed E-state index contributed by atoms with van der Waals surface area (Å²) in [6.07, 6.45) is 0. The number of benzene rings is 1. The highest BCUT2D eigenvalue weighted by Gasteiger charge is 1.98. The van der Waals surface area contributed by atoms with E-state index >= 15 is 0 Å². The number of phenols is 1. The number of nitrogens with zero attached hydrogens (tertiary/aromatic N) is 1. The molecule has 0 spiro atoms. The molecule has 0 fully saturated rings. The molecule has 0 bridgehead atoms. The van der Waals surface area contributed by atoms with Crippen LogP contribution in [-0.4, -0.2) is 28.9 Å². The molecule has 13 heavy (non-hydrogen) atoms. The van der Waals surface area contributed by atoms with E-state index in [0.29, 0.717) is 5.75 Å². The van der Waals surface area contributed by atoms with Gasteiger partial charge in [-0.1, -0.05) is 28.1 Å². The smallest absolute Gasteiger partial charge is 0.115 e. The minimum Gasteiger partial charge on any atom is -0.508 e. The SMILES string of the molecule is CN(CCBr)Cc1ccc(O)cc1. The summed E-state index contributed by atoms with van der Waals surface area (Å²) in [4.78, 5) is 2.22. The van der Waals surface area contributed by atoms with Crippen molar-refractivity contribution in [2.45, 2.75) is 6.54 Å². The molecule has 1 aromatic rings. The highest BCUT2D eigenvalue weighted by atomic mass is 79.9. The quantitative estimate of drug-likeness (QED) is 0.821. The molecule has 72 valence electrons. The van der Waals surface area contributed by atoms with E-state index in [9.17, 15) is 0 Å². The lowest BCUT2D eigenvalue weighted by Crippen LogP contribution is -2.19. The maximum atomic E-state index is 9.07. The summed E-state index contributed by atoms with van der Waals surface area (Å²) in [7, 11) is 2.08. The molecule has 0 saturated carbocycles. The van der Waals surface area contributed by atoms with Crippen LogP contribution in [-0.2, 0) is 6.54 Å². The molecule has 1 rings (SSSR count). The summed E-state index contributed by atoms with van der Waals surface area (Å²) in [5.74, 6) is 0.326. The van der Waals surface area contributed by atoms with Crippen molar-refractivity contribution < 1.29 is 5.11 Å². The third-order valence-corrected chi connectivity index (χ3v) is 2.21. The molecule has 3 heteroatoms. The molecule has 0 unspecified atom stereocenters. The van der Waals surface area contributed by atoms with Crippen LogP contribution in [0.2, 0.25) is 0 Å². The predicted molar refractivity (Wildman–Crippen MR) is 58.2 cm³/mol. The fourth-order valence-corrected chi connectivity index (χ4v) is 1.74. The number of phenolic OH excluding ortho intramolecular Hbond substituents is 1. The van der Waals surface area contributed by atoms with Crippen LogP contribution >= 0.6 is 15.9 Å². The molecule has 0 radical (unpaired) electrons. The van der Waals surface area contributed by atoms with Crippen LogP contribution < -0.4 is 0 Å². The molecule has 2 nitrogen and oxygen atoms in total. The molecule has 0 aliphatic heterocycles. The first kappa shape index (κ1) is 10.5. The van der Waals surface area contributed by atoms with Gasteiger partial charge in [-0.25, -0.2) is 0 Å². The molecular formula is C10H14BrNO. The van der Waals surface area contributed by atoms with Gasteiger partial charge in [0.15, 0.2) is 0 Å². The highest BCUT2D eigenvalue weighted by molar-refractivity contribution is 9.09. The second kappa shape index (κ2) is 5.25. The number of hydrogen-bond donors (Lipinski definition) is 1. The third-order valence-electron chi connectivity index (χ3n) is 1.86. The zero-order valence-electron chi connectivity index (χ0n) is 7.70. The predicted octanol–water partition coefficient (Wildman–Crippen LogP) is 2.22. The number of alkyl halides is 1. The van der Waals surface area contributed by atoms with Gasteiger partial charge in [-0.2, -0.15) is 0 Å². The Morgan fingerprint density at radius 1 is 1.31 bits per heavy atom. The van der Waals surface area contributed by atoms with Gasteiger partial charge in [0.1, 0.15) is 5.75 Å². The van der Waals surface area contributed by atoms with Crippen molar-refractivity contribution in [3.63, 3.8) is 0 Å². The van der Waals surface area contributed by atoms with Crippen LogP contribution in [0.25, 0.3) is 0 Å². The first-order chi connectivity index (χ1) is 6.22. The van der Waals surface area contributed by atoms with E-state index in [1.54, 1.807) is 12.1 Å². The van der Waals surface area contributed by atoms with E-state index in [4.69, 9.17) is 5.11 Å². The van der Waals surface area contributed by atoms with Gasteiger partial charge in [-0.05, 0) is 24.7 Å². The first-order valence-electron chi connectivity index (χ1n) is 4.25. The minimum atomic E-state index is 0.326. The van der Waals surface area contributed by atoms with Crippen LogP contribution in [0, 0.1) is 0 Å². The number of hydrogen-bond acceptors (Lipinski definition) is 2. The van der Waals surface area contributed by atoms with Crippen LogP contribution in [0.3, 0.4) is 0 Å². The monoisotopic (exact) mass is 243 g/mol. The van der Waals surface area contributed by atoms with Crippen molar-refractivity contribution in [1.82, 2.24) is 4.90 Å². The molecule has 0 atom stereocenters. The Hall–Kier alpha value is -0.540. The molecule has 0 amide bonds. The minimum absolute atomic E-state index is 0.326.